The summed E-state index contributed by atoms with van der Waals surface area (Å²) in [5, 5.41) is 0. The molecule has 0 aliphatic heterocycles. The molecule has 1 nitrogen and oxygen atoms in total. The molecule has 0 saturated heterocycles. The van der Waals surface area contributed by atoms with Crippen molar-refractivity contribution in [3.8, 4) is 22.4 Å². The maximum absolute atomic E-state index is 14.2. The van der Waals surface area contributed by atoms with Crippen LogP contribution in [0, 0.1) is 12.9 Å². The number of hydrogen-bond donors (Lipinski definition) is 0. The second-order valence-electron chi connectivity index (χ2n) is 4.77. The molecule has 2 aromatic carbocycles. The van der Waals surface area contributed by atoms with Crippen LogP contribution in [0.5, 0.6) is 0 Å². The number of hydrogen-bond acceptors (Lipinski definition) is 1. The molecule has 1 aromatic heterocycles. The van der Waals surface area contributed by atoms with Gasteiger partial charge in [-0.15, -0.1) is 0 Å². The van der Waals surface area contributed by atoms with Crippen LogP contribution in [0.2, 0.25) is 0 Å². The lowest BCUT2D eigenvalue weighted by molar-refractivity contribution is 0.589. The Morgan fingerprint density at radius 3 is 2.10 bits per heavy atom. The summed E-state index contributed by atoms with van der Waals surface area (Å²) in [4.78, 5) is 4.08. The molecule has 0 aliphatic carbocycles. The standard InChI is InChI=1S/C18H14FN/c1-13-7-9-14(10-8-13)16-11-12-17(20-18(16)19)15-5-3-2-4-6-15/h2-12H,1H3. The highest BCUT2D eigenvalue weighted by atomic mass is 19.1. The summed E-state index contributed by atoms with van der Waals surface area (Å²) in [6, 6.07) is 21.0. The first-order valence-corrected chi connectivity index (χ1v) is 6.53. The van der Waals surface area contributed by atoms with Crippen molar-refractivity contribution < 1.29 is 4.39 Å². The fourth-order valence-electron chi connectivity index (χ4n) is 2.15. The van der Waals surface area contributed by atoms with Crippen molar-refractivity contribution in [2.45, 2.75) is 6.92 Å². The Bertz CT molecular complexity index is 718. The molecular formula is C18H14FN. The summed E-state index contributed by atoms with van der Waals surface area (Å²) < 4.78 is 14.2. The van der Waals surface area contributed by atoms with E-state index in [4.69, 9.17) is 0 Å². The van der Waals surface area contributed by atoms with Crippen molar-refractivity contribution in [2.75, 3.05) is 0 Å². The minimum absolute atomic E-state index is 0.435. The molecule has 1 heterocycles. The van der Waals surface area contributed by atoms with Gasteiger partial charge >= 0.3 is 0 Å². The first-order valence-electron chi connectivity index (χ1n) is 6.53. The summed E-state index contributed by atoms with van der Waals surface area (Å²) in [5.41, 5.74) is 4.11. The SMILES string of the molecule is Cc1ccc(-c2ccc(-c3ccccc3)nc2F)cc1. The molecule has 3 rings (SSSR count). The Morgan fingerprint density at radius 2 is 1.45 bits per heavy atom. The molecule has 0 spiro atoms. The summed E-state index contributed by atoms with van der Waals surface area (Å²) in [7, 11) is 0. The highest BCUT2D eigenvalue weighted by Crippen LogP contribution is 2.25. The smallest absolute Gasteiger partial charge is 0.219 e. The van der Waals surface area contributed by atoms with E-state index in [9.17, 15) is 4.39 Å². The van der Waals surface area contributed by atoms with Gasteiger partial charge in [0.2, 0.25) is 5.95 Å². The van der Waals surface area contributed by atoms with E-state index in [1.165, 1.54) is 0 Å². The van der Waals surface area contributed by atoms with Crippen LogP contribution in [0.25, 0.3) is 22.4 Å². The normalized spacial score (nSPS) is 10.5. The second kappa shape index (κ2) is 5.25. The zero-order chi connectivity index (χ0) is 13.9. The van der Waals surface area contributed by atoms with E-state index in [1.807, 2.05) is 67.6 Å². The lowest BCUT2D eigenvalue weighted by Crippen LogP contribution is -1.92. The maximum atomic E-state index is 14.2. The number of aromatic nitrogens is 1. The van der Waals surface area contributed by atoms with E-state index in [0.717, 1.165) is 16.7 Å². The average molecular weight is 263 g/mol. The van der Waals surface area contributed by atoms with Crippen LogP contribution in [-0.2, 0) is 0 Å². The Balaban J connectivity index is 2.02. The third-order valence-corrected chi connectivity index (χ3v) is 3.28. The van der Waals surface area contributed by atoms with E-state index >= 15 is 0 Å². The van der Waals surface area contributed by atoms with Crippen molar-refractivity contribution in [2.24, 2.45) is 0 Å². The Morgan fingerprint density at radius 1 is 0.750 bits per heavy atom. The van der Waals surface area contributed by atoms with Gasteiger partial charge < -0.3 is 0 Å². The molecule has 0 bridgehead atoms. The molecule has 0 saturated carbocycles. The largest absolute Gasteiger partial charge is 0.221 e. The van der Waals surface area contributed by atoms with Crippen LogP contribution in [0.4, 0.5) is 4.39 Å². The van der Waals surface area contributed by atoms with Gasteiger partial charge in [0.15, 0.2) is 0 Å². The van der Waals surface area contributed by atoms with Crippen LogP contribution < -0.4 is 0 Å². The van der Waals surface area contributed by atoms with E-state index in [2.05, 4.69) is 4.98 Å². The fourth-order valence-corrected chi connectivity index (χ4v) is 2.15. The topological polar surface area (TPSA) is 12.9 Å². The first kappa shape index (κ1) is 12.5. The van der Waals surface area contributed by atoms with Gasteiger partial charge in [-0.25, -0.2) is 4.98 Å². The number of pyridine rings is 1. The Kier molecular flexibility index (Phi) is 3.30. The average Bonchev–Trinajstić information content (AvgIpc) is 2.49. The third kappa shape index (κ3) is 2.45. The fraction of sp³-hybridized carbons (Fsp3) is 0.0556. The van der Waals surface area contributed by atoms with E-state index in [0.29, 0.717) is 11.3 Å². The lowest BCUT2D eigenvalue weighted by atomic mass is 10.0. The number of halogens is 1. The van der Waals surface area contributed by atoms with Crippen molar-refractivity contribution in [3.05, 3.63) is 78.2 Å². The van der Waals surface area contributed by atoms with Gasteiger partial charge in [0.1, 0.15) is 0 Å². The van der Waals surface area contributed by atoms with E-state index < -0.39 is 5.95 Å². The molecule has 0 aliphatic rings. The number of aryl methyl sites for hydroxylation is 1. The van der Waals surface area contributed by atoms with Crippen LogP contribution in [0.3, 0.4) is 0 Å². The minimum Gasteiger partial charge on any atom is -0.219 e. The van der Waals surface area contributed by atoms with E-state index in [-0.39, 0.29) is 0 Å². The zero-order valence-electron chi connectivity index (χ0n) is 11.2. The number of nitrogens with zero attached hydrogens (tertiary/aromatic N) is 1. The Hall–Kier alpha value is -2.48. The number of benzene rings is 2. The van der Waals surface area contributed by atoms with Crippen LogP contribution in [-0.4, -0.2) is 4.98 Å². The molecular weight excluding hydrogens is 249 g/mol. The van der Waals surface area contributed by atoms with Gasteiger partial charge in [-0.3, -0.25) is 0 Å². The predicted octanol–water partition coefficient (Wildman–Crippen LogP) is 4.86. The van der Waals surface area contributed by atoms with Gasteiger partial charge in [-0.2, -0.15) is 4.39 Å². The highest BCUT2D eigenvalue weighted by molar-refractivity contribution is 5.67. The number of rotatable bonds is 2. The van der Waals surface area contributed by atoms with Gasteiger partial charge in [0.25, 0.3) is 0 Å². The molecule has 0 amide bonds. The zero-order valence-corrected chi connectivity index (χ0v) is 11.2. The summed E-state index contributed by atoms with van der Waals surface area (Å²) >= 11 is 0. The lowest BCUT2D eigenvalue weighted by Gasteiger charge is -2.06. The molecule has 0 N–H and O–H groups in total. The molecule has 0 atom stereocenters. The van der Waals surface area contributed by atoms with Gasteiger partial charge in [0.05, 0.1) is 5.69 Å². The van der Waals surface area contributed by atoms with Crippen molar-refractivity contribution in [1.82, 2.24) is 4.98 Å². The van der Waals surface area contributed by atoms with Gasteiger partial charge in [-0.1, -0.05) is 60.2 Å². The molecule has 0 fully saturated rings. The van der Waals surface area contributed by atoms with Crippen LogP contribution in [0.15, 0.2) is 66.7 Å². The monoisotopic (exact) mass is 263 g/mol. The highest BCUT2D eigenvalue weighted by Gasteiger charge is 2.08. The van der Waals surface area contributed by atoms with Crippen molar-refractivity contribution in [3.63, 3.8) is 0 Å². The van der Waals surface area contributed by atoms with Crippen LogP contribution >= 0.6 is 0 Å². The third-order valence-electron chi connectivity index (χ3n) is 3.28. The van der Waals surface area contributed by atoms with Crippen molar-refractivity contribution >= 4 is 0 Å². The molecule has 2 heteroatoms. The summed E-state index contributed by atoms with van der Waals surface area (Å²) in [6.45, 7) is 2.01. The first-order chi connectivity index (χ1) is 9.74. The molecule has 3 aromatic rings. The summed E-state index contributed by atoms with van der Waals surface area (Å²) in [6.07, 6.45) is 0. The molecule has 0 unspecified atom stereocenters. The second-order valence-corrected chi connectivity index (χ2v) is 4.77. The molecule has 20 heavy (non-hydrogen) atoms. The predicted molar refractivity (Wildman–Crippen MR) is 79.8 cm³/mol. The summed E-state index contributed by atoms with van der Waals surface area (Å²) in [5.74, 6) is -0.435. The maximum Gasteiger partial charge on any atom is 0.221 e. The molecule has 98 valence electrons. The van der Waals surface area contributed by atoms with Gasteiger partial charge in [0, 0.05) is 11.1 Å². The minimum atomic E-state index is -0.435. The van der Waals surface area contributed by atoms with Gasteiger partial charge in [-0.05, 0) is 24.6 Å². The Labute approximate surface area is 117 Å². The van der Waals surface area contributed by atoms with E-state index in [1.54, 1.807) is 6.07 Å². The van der Waals surface area contributed by atoms with Crippen molar-refractivity contribution in [1.29, 1.82) is 0 Å². The van der Waals surface area contributed by atoms with Crippen LogP contribution in [0.1, 0.15) is 5.56 Å². The molecule has 0 radical (unpaired) electrons. The quantitative estimate of drug-likeness (QED) is 0.601.